The van der Waals surface area contributed by atoms with Gasteiger partial charge in [-0.3, -0.25) is 9.59 Å². The number of hydrazone groups is 1. The van der Waals surface area contributed by atoms with Crippen LogP contribution in [0, 0.1) is 0 Å². The molecule has 31 heavy (non-hydrogen) atoms. The Balaban J connectivity index is 1.87. The van der Waals surface area contributed by atoms with Gasteiger partial charge in [0.05, 0.1) is 5.69 Å². The van der Waals surface area contributed by atoms with Gasteiger partial charge in [0.1, 0.15) is 5.71 Å². The third-order valence-electron chi connectivity index (χ3n) is 4.71. The molecule has 4 aromatic carbocycles. The van der Waals surface area contributed by atoms with Crippen LogP contribution in [0.5, 0.6) is 0 Å². The maximum absolute atomic E-state index is 13.4. The van der Waals surface area contributed by atoms with E-state index in [0.29, 0.717) is 22.4 Å². The maximum Gasteiger partial charge on any atom is 0.278 e. The van der Waals surface area contributed by atoms with Crippen LogP contribution in [-0.2, 0) is 0 Å². The lowest BCUT2D eigenvalue weighted by Crippen LogP contribution is -2.29. The number of amides is 1. The predicted octanol–water partition coefficient (Wildman–Crippen LogP) is 5.62. The molecule has 4 aromatic rings. The first-order valence-electron chi connectivity index (χ1n) is 9.92. The third-order valence-corrected chi connectivity index (χ3v) is 4.71. The number of hydrogen-bond donors (Lipinski definition) is 0. The van der Waals surface area contributed by atoms with E-state index in [9.17, 15) is 9.59 Å². The molecule has 0 atom stereocenters. The zero-order valence-electron chi connectivity index (χ0n) is 16.8. The van der Waals surface area contributed by atoms with E-state index in [1.54, 1.807) is 60.7 Å². The first-order valence-corrected chi connectivity index (χ1v) is 9.92. The van der Waals surface area contributed by atoms with Crippen molar-refractivity contribution in [3.05, 3.63) is 138 Å². The fraction of sp³-hybridized carbons (Fsp3) is 0. The van der Waals surface area contributed by atoms with Crippen LogP contribution in [0.4, 0.5) is 5.69 Å². The summed E-state index contributed by atoms with van der Waals surface area (Å²) in [7, 11) is 0. The highest BCUT2D eigenvalue weighted by atomic mass is 16.2. The molecule has 0 heterocycles. The highest BCUT2D eigenvalue weighted by Crippen LogP contribution is 2.20. The van der Waals surface area contributed by atoms with Gasteiger partial charge < -0.3 is 0 Å². The van der Waals surface area contributed by atoms with Gasteiger partial charge in [-0.1, -0.05) is 97.1 Å². The number of rotatable bonds is 6. The van der Waals surface area contributed by atoms with Gasteiger partial charge in [-0.25, -0.2) is 0 Å². The van der Waals surface area contributed by atoms with Crippen LogP contribution in [0.15, 0.2) is 126 Å². The molecule has 0 radical (unpaired) electrons. The van der Waals surface area contributed by atoms with Crippen molar-refractivity contribution in [3.63, 3.8) is 0 Å². The number of nitrogens with zero attached hydrogens (tertiary/aromatic N) is 2. The molecular formula is C27H20N2O2. The van der Waals surface area contributed by atoms with Crippen molar-refractivity contribution in [2.75, 3.05) is 5.01 Å². The van der Waals surface area contributed by atoms with E-state index < -0.39 is 0 Å². The Hall–Kier alpha value is -4.31. The molecular weight excluding hydrogens is 384 g/mol. The van der Waals surface area contributed by atoms with Crippen LogP contribution in [0.2, 0.25) is 0 Å². The molecule has 0 N–H and O–H groups in total. The summed E-state index contributed by atoms with van der Waals surface area (Å²) < 4.78 is 0. The van der Waals surface area contributed by atoms with Gasteiger partial charge in [0.2, 0.25) is 5.78 Å². The molecule has 4 rings (SSSR count). The lowest BCUT2D eigenvalue weighted by atomic mass is 10.0. The van der Waals surface area contributed by atoms with E-state index in [0.717, 1.165) is 0 Å². The van der Waals surface area contributed by atoms with E-state index >= 15 is 0 Å². The molecule has 0 aliphatic heterocycles. The van der Waals surface area contributed by atoms with E-state index in [-0.39, 0.29) is 17.4 Å². The van der Waals surface area contributed by atoms with Crippen molar-refractivity contribution in [1.29, 1.82) is 0 Å². The van der Waals surface area contributed by atoms with E-state index in [1.807, 2.05) is 60.7 Å². The van der Waals surface area contributed by atoms with Gasteiger partial charge in [-0.05, 0) is 24.3 Å². The van der Waals surface area contributed by atoms with Crippen molar-refractivity contribution in [1.82, 2.24) is 0 Å². The van der Waals surface area contributed by atoms with Crippen molar-refractivity contribution in [2.45, 2.75) is 0 Å². The number of ketones is 1. The Morgan fingerprint density at radius 2 is 0.935 bits per heavy atom. The molecule has 0 spiro atoms. The van der Waals surface area contributed by atoms with Crippen LogP contribution in [0.1, 0.15) is 26.3 Å². The minimum absolute atomic E-state index is 0.194. The molecule has 0 saturated heterocycles. The Labute approximate surface area is 181 Å². The van der Waals surface area contributed by atoms with Gasteiger partial charge >= 0.3 is 0 Å². The van der Waals surface area contributed by atoms with Crippen molar-refractivity contribution >= 4 is 23.1 Å². The molecule has 0 fully saturated rings. The Morgan fingerprint density at radius 1 is 0.516 bits per heavy atom. The summed E-state index contributed by atoms with van der Waals surface area (Å²) in [5, 5.41) is 5.91. The molecule has 0 aromatic heterocycles. The highest BCUT2D eigenvalue weighted by Gasteiger charge is 2.22. The summed E-state index contributed by atoms with van der Waals surface area (Å²) in [5.74, 6) is -0.574. The van der Waals surface area contributed by atoms with Gasteiger partial charge in [0.25, 0.3) is 5.91 Å². The molecule has 150 valence electrons. The summed E-state index contributed by atoms with van der Waals surface area (Å²) >= 11 is 0. The average molecular weight is 404 g/mol. The Kier molecular flexibility index (Phi) is 6.10. The predicted molar refractivity (Wildman–Crippen MR) is 123 cm³/mol. The van der Waals surface area contributed by atoms with Crippen LogP contribution in [0.3, 0.4) is 0 Å². The number of anilines is 1. The zero-order valence-corrected chi connectivity index (χ0v) is 16.8. The molecule has 4 nitrogen and oxygen atoms in total. The Bertz CT molecular complexity index is 1190. The number of benzene rings is 4. The van der Waals surface area contributed by atoms with E-state index in [2.05, 4.69) is 5.10 Å². The standard InChI is InChI=1S/C27H20N2O2/c30-26(22-15-7-2-8-16-22)25(21-13-5-1-6-14-21)28-29(24-19-11-4-12-20-24)27(31)23-17-9-3-10-18-23/h1-20H. The van der Waals surface area contributed by atoms with Crippen LogP contribution >= 0.6 is 0 Å². The Morgan fingerprint density at radius 3 is 1.45 bits per heavy atom. The van der Waals surface area contributed by atoms with Crippen molar-refractivity contribution < 1.29 is 9.59 Å². The smallest absolute Gasteiger partial charge is 0.278 e. The van der Waals surface area contributed by atoms with Gasteiger partial charge in [-0.2, -0.15) is 10.1 Å². The summed E-state index contributed by atoms with van der Waals surface area (Å²) in [6.07, 6.45) is 0. The number of hydrogen-bond acceptors (Lipinski definition) is 3. The number of carbonyl (C=O) groups is 2. The molecule has 0 aliphatic rings. The lowest BCUT2D eigenvalue weighted by Gasteiger charge is -2.19. The molecule has 0 bridgehead atoms. The van der Waals surface area contributed by atoms with Crippen molar-refractivity contribution in [2.24, 2.45) is 5.10 Å². The monoisotopic (exact) mass is 404 g/mol. The van der Waals surface area contributed by atoms with Gasteiger partial charge in [0, 0.05) is 16.7 Å². The second-order valence-corrected chi connectivity index (χ2v) is 6.83. The van der Waals surface area contributed by atoms with Gasteiger partial charge in [-0.15, -0.1) is 0 Å². The summed E-state index contributed by atoms with van der Waals surface area (Å²) in [5.41, 5.74) is 2.39. The SMILES string of the molecule is O=C(C(=NN(C(=O)c1ccccc1)c1ccccc1)c1ccccc1)c1ccccc1. The van der Waals surface area contributed by atoms with Crippen molar-refractivity contribution in [3.8, 4) is 0 Å². The topological polar surface area (TPSA) is 49.7 Å². The first kappa shape index (κ1) is 20.0. The maximum atomic E-state index is 13.4. The number of para-hydroxylation sites is 1. The largest absolute Gasteiger partial charge is 0.287 e. The second kappa shape index (κ2) is 9.46. The van der Waals surface area contributed by atoms with Crippen LogP contribution in [-0.4, -0.2) is 17.4 Å². The molecule has 0 unspecified atom stereocenters. The molecule has 0 saturated carbocycles. The van der Waals surface area contributed by atoms with Crippen LogP contribution < -0.4 is 5.01 Å². The third kappa shape index (κ3) is 4.65. The van der Waals surface area contributed by atoms with E-state index in [4.69, 9.17) is 0 Å². The minimum Gasteiger partial charge on any atom is -0.287 e. The fourth-order valence-electron chi connectivity index (χ4n) is 3.15. The van der Waals surface area contributed by atoms with Crippen LogP contribution in [0.25, 0.3) is 0 Å². The molecule has 0 aliphatic carbocycles. The number of carbonyl (C=O) groups excluding carboxylic acids is 2. The first-order chi connectivity index (χ1) is 15.2. The average Bonchev–Trinajstić information content (AvgIpc) is 2.86. The van der Waals surface area contributed by atoms with E-state index in [1.165, 1.54) is 5.01 Å². The normalized spacial score (nSPS) is 11.0. The quantitative estimate of drug-likeness (QED) is 0.238. The number of Topliss-reactive ketones (excluding diaryl/α,β-unsaturated/α-hetero) is 1. The zero-order chi connectivity index (χ0) is 21.5. The summed E-state index contributed by atoms with van der Waals surface area (Å²) in [6, 6.07) is 36.2. The summed E-state index contributed by atoms with van der Waals surface area (Å²) in [6.45, 7) is 0. The molecule has 4 heteroatoms. The van der Waals surface area contributed by atoms with Gasteiger partial charge in [0.15, 0.2) is 0 Å². The fourth-order valence-corrected chi connectivity index (χ4v) is 3.15. The second-order valence-electron chi connectivity index (χ2n) is 6.83. The highest BCUT2D eigenvalue weighted by molar-refractivity contribution is 6.51. The summed E-state index contributed by atoms with van der Waals surface area (Å²) in [4.78, 5) is 26.8. The molecule has 1 amide bonds. The lowest BCUT2D eigenvalue weighted by molar-refractivity contribution is 0.0987. The minimum atomic E-state index is -0.318.